The molecule has 0 bridgehead atoms. The molecule has 4 aliphatic carbocycles. The normalized spacial score (nSPS) is 51.7. The van der Waals surface area contributed by atoms with E-state index in [9.17, 15) is 10.2 Å². The molecule has 0 saturated heterocycles. The zero-order chi connectivity index (χ0) is 16.3. The van der Waals surface area contributed by atoms with Crippen LogP contribution in [0.3, 0.4) is 0 Å². The Morgan fingerprint density at radius 1 is 1.13 bits per heavy atom. The zero-order valence-corrected chi connectivity index (χ0v) is 14.7. The van der Waals surface area contributed by atoms with Crippen molar-refractivity contribution < 1.29 is 10.2 Å². The molecule has 0 aromatic rings. The van der Waals surface area contributed by atoms with Crippen molar-refractivity contribution in [2.24, 2.45) is 28.6 Å². The van der Waals surface area contributed by atoms with Gasteiger partial charge in [0.15, 0.2) is 0 Å². The SMILES string of the molecule is C[C@]12CC=CC=C1CC[C@@H]1[C@@H]2CC[C@@]2(C)[C@H]1CC[C@]2(O)CCO. The van der Waals surface area contributed by atoms with Gasteiger partial charge in [-0.15, -0.1) is 0 Å². The molecule has 0 aliphatic heterocycles. The van der Waals surface area contributed by atoms with E-state index in [1.165, 1.54) is 25.7 Å². The van der Waals surface area contributed by atoms with E-state index in [1.807, 2.05) is 0 Å². The first-order chi connectivity index (χ1) is 10.9. The average molecular weight is 316 g/mol. The molecule has 3 fully saturated rings. The third-order valence-corrected chi connectivity index (χ3v) is 8.56. The van der Waals surface area contributed by atoms with Gasteiger partial charge in [-0.2, -0.15) is 0 Å². The molecule has 0 amide bonds. The Hall–Kier alpha value is -0.600. The first-order valence-corrected chi connectivity index (χ1v) is 9.64. The summed E-state index contributed by atoms with van der Waals surface area (Å²) >= 11 is 0. The minimum absolute atomic E-state index is 0.0129. The molecule has 4 rings (SSSR count). The maximum atomic E-state index is 11.3. The molecule has 23 heavy (non-hydrogen) atoms. The summed E-state index contributed by atoms with van der Waals surface area (Å²) in [6.45, 7) is 4.93. The predicted octanol–water partition coefficient (Wildman–Crippen LogP) is 4.23. The Labute approximate surface area is 140 Å². The molecule has 0 aromatic heterocycles. The Kier molecular flexibility index (Phi) is 3.59. The number of fused-ring (bicyclic) bond motifs is 5. The van der Waals surface area contributed by atoms with Crippen molar-refractivity contribution in [3.63, 3.8) is 0 Å². The fourth-order valence-electron chi connectivity index (χ4n) is 7.09. The van der Waals surface area contributed by atoms with Gasteiger partial charge >= 0.3 is 0 Å². The molecule has 4 aliphatic rings. The molecule has 0 radical (unpaired) electrons. The average Bonchev–Trinajstić information content (AvgIpc) is 2.79. The predicted molar refractivity (Wildman–Crippen MR) is 92.9 cm³/mol. The van der Waals surface area contributed by atoms with Crippen LogP contribution in [0.4, 0.5) is 0 Å². The van der Waals surface area contributed by atoms with Gasteiger partial charge in [0.1, 0.15) is 0 Å². The number of allylic oxidation sites excluding steroid dienone is 4. The molecule has 128 valence electrons. The lowest BCUT2D eigenvalue weighted by atomic mass is 9.46. The van der Waals surface area contributed by atoms with E-state index in [0.717, 1.165) is 31.1 Å². The molecule has 0 heterocycles. The minimum Gasteiger partial charge on any atom is -0.396 e. The number of rotatable bonds is 2. The molecule has 2 heteroatoms. The van der Waals surface area contributed by atoms with Gasteiger partial charge in [-0.05, 0) is 80.0 Å². The summed E-state index contributed by atoms with van der Waals surface area (Å²) in [4.78, 5) is 0. The number of hydrogen-bond donors (Lipinski definition) is 2. The number of aliphatic hydroxyl groups is 2. The first kappa shape index (κ1) is 15.9. The Balaban J connectivity index is 1.66. The molecule has 2 N–H and O–H groups in total. The monoisotopic (exact) mass is 316 g/mol. The van der Waals surface area contributed by atoms with Gasteiger partial charge in [0.25, 0.3) is 0 Å². The third kappa shape index (κ3) is 2.00. The Morgan fingerprint density at radius 3 is 2.70 bits per heavy atom. The maximum absolute atomic E-state index is 11.3. The lowest BCUT2D eigenvalue weighted by Gasteiger charge is -2.59. The number of hydrogen-bond acceptors (Lipinski definition) is 2. The van der Waals surface area contributed by atoms with Gasteiger partial charge in [-0.25, -0.2) is 0 Å². The van der Waals surface area contributed by atoms with Crippen LogP contribution in [0.5, 0.6) is 0 Å². The van der Waals surface area contributed by atoms with Crippen LogP contribution >= 0.6 is 0 Å². The minimum atomic E-state index is -0.638. The highest BCUT2D eigenvalue weighted by molar-refractivity contribution is 5.30. The van der Waals surface area contributed by atoms with Gasteiger partial charge in [-0.1, -0.05) is 37.6 Å². The molecule has 0 spiro atoms. The van der Waals surface area contributed by atoms with E-state index in [-0.39, 0.29) is 12.0 Å². The fraction of sp³-hybridized carbons (Fsp3) is 0.810. The standard InChI is InChI=1S/C21H32O2/c1-19-10-4-3-5-15(19)6-7-16-17(19)8-11-20(2)18(16)9-12-21(20,23)13-14-22/h3-5,16-18,22-23H,6-14H2,1-2H3/t16-,17+,18+,19+,20+,21+/m1/s1. The summed E-state index contributed by atoms with van der Waals surface area (Å²) in [5.74, 6) is 2.18. The quantitative estimate of drug-likeness (QED) is 0.800. The zero-order valence-electron chi connectivity index (χ0n) is 14.7. The summed E-state index contributed by atoms with van der Waals surface area (Å²) < 4.78 is 0. The molecule has 0 aromatic carbocycles. The summed E-state index contributed by atoms with van der Waals surface area (Å²) in [7, 11) is 0. The van der Waals surface area contributed by atoms with Crippen molar-refractivity contribution in [1.29, 1.82) is 0 Å². The summed E-state index contributed by atoms with van der Waals surface area (Å²) in [5.41, 5.74) is 1.41. The molecule has 2 nitrogen and oxygen atoms in total. The van der Waals surface area contributed by atoms with Gasteiger partial charge in [-0.3, -0.25) is 0 Å². The topological polar surface area (TPSA) is 40.5 Å². The van der Waals surface area contributed by atoms with Crippen LogP contribution in [0.15, 0.2) is 23.8 Å². The highest BCUT2D eigenvalue weighted by Crippen LogP contribution is 2.67. The van der Waals surface area contributed by atoms with Crippen LogP contribution in [0.2, 0.25) is 0 Å². The van der Waals surface area contributed by atoms with E-state index in [4.69, 9.17) is 0 Å². The van der Waals surface area contributed by atoms with Gasteiger partial charge in [0, 0.05) is 6.61 Å². The van der Waals surface area contributed by atoms with Gasteiger partial charge in [0.2, 0.25) is 0 Å². The smallest absolute Gasteiger partial charge is 0.0725 e. The van der Waals surface area contributed by atoms with E-state index >= 15 is 0 Å². The first-order valence-electron chi connectivity index (χ1n) is 9.64. The van der Waals surface area contributed by atoms with Crippen LogP contribution in [-0.2, 0) is 0 Å². The molecule has 3 saturated carbocycles. The molecule has 6 atom stereocenters. The van der Waals surface area contributed by atoms with E-state index in [2.05, 4.69) is 32.1 Å². The number of aliphatic hydroxyl groups excluding tert-OH is 1. The summed E-state index contributed by atoms with van der Waals surface area (Å²) in [6, 6.07) is 0. The molecular formula is C21H32O2. The van der Waals surface area contributed by atoms with Crippen molar-refractivity contribution in [2.45, 2.75) is 70.8 Å². The Morgan fingerprint density at radius 2 is 1.91 bits per heavy atom. The second kappa shape index (κ2) is 5.20. The summed E-state index contributed by atoms with van der Waals surface area (Å²) in [5, 5.41) is 20.7. The van der Waals surface area contributed by atoms with Crippen LogP contribution in [-0.4, -0.2) is 22.4 Å². The highest BCUT2D eigenvalue weighted by atomic mass is 16.3. The van der Waals surface area contributed by atoms with Crippen LogP contribution in [0, 0.1) is 28.6 Å². The third-order valence-electron chi connectivity index (χ3n) is 8.56. The largest absolute Gasteiger partial charge is 0.396 e. The van der Waals surface area contributed by atoms with E-state index in [0.29, 0.717) is 17.8 Å². The lowest BCUT2D eigenvalue weighted by molar-refractivity contribution is -0.132. The lowest BCUT2D eigenvalue weighted by Crippen LogP contribution is -2.54. The van der Waals surface area contributed by atoms with Crippen molar-refractivity contribution >= 4 is 0 Å². The second-order valence-electron chi connectivity index (χ2n) is 9.16. The van der Waals surface area contributed by atoms with E-state index in [1.54, 1.807) is 5.57 Å². The van der Waals surface area contributed by atoms with Crippen molar-refractivity contribution in [2.75, 3.05) is 6.61 Å². The van der Waals surface area contributed by atoms with Gasteiger partial charge < -0.3 is 10.2 Å². The van der Waals surface area contributed by atoms with Gasteiger partial charge in [0.05, 0.1) is 5.60 Å². The van der Waals surface area contributed by atoms with Crippen molar-refractivity contribution in [3.8, 4) is 0 Å². The van der Waals surface area contributed by atoms with Crippen LogP contribution in [0.25, 0.3) is 0 Å². The maximum Gasteiger partial charge on any atom is 0.0725 e. The second-order valence-corrected chi connectivity index (χ2v) is 9.16. The summed E-state index contributed by atoms with van der Waals surface area (Å²) in [6.07, 6.45) is 15.7. The van der Waals surface area contributed by atoms with Crippen molar-refractivity contribution in [1.82, 2.24) is 0 Å². The fourth-order valence-corrected chi connectivity index (χ4v) is 7.09. The highest BCUT2D eigenvalue weighted by Gasteiger charge is 2.63. The molecular weight excluding hydrogens is 284 g/mol. The Bertz CT molecular complexity index is 550. The molecule has 0 unspecified atom stereocenters. The van der Waals surface area contributed by atoms with Crippen LogP contribution < -0.4 is 0 Å². The van der Waals surface area contributed by atoms with Crippen LogP contribution in [0.1, 0.15) is 65.2 Å². The van der Waals surface area contributed by atoms with E-state index < -0.39 is 5.60 Å². The van der Waals surface area contributed by atoms with Crippen molar-refractivity contribution in [3.05, 3.63) is 23.8 Å².